The van der Waals surface area contributed by atoms with Crippen molar-refractivity contribution in [1.82, 2.24) is 4.98 Å². The predicted octanol–water partition coefficient (Wildman–Crippen LogP) is 2.65. The fourth-order valence-corrected chi connectivity index (χ4v) is 1.17. The monoisotopic (exact) mass is 214 g/mol. The number of anilines is 1. The van der Waals surface area contributed by atoms with Crippen LogP contribution in [0.2, 0.25) is 5.15 Å². The van der Waals surface area contributed by atoms with Crippen LogP contribution in [0.15, 0.2) is 18.2 Å². The fraction of sp³-hybridized carbons (Fsp3) is 0.222. The Balaban J connectivity index is 2.81. The first-order valence-electron chi connectivity index (χ1n) is 3.93. The van der Waals surface area contributed by atoms with Crippen LogP contribution in [-0.2, 0) is 0 Å². The number of pyridine rings is 1. The summed E-state index contributed by atoms with van der Waals surface area (Å²) in [5.41, 5.74) is 7.04. The number of nitrogens with two attached hydrogens (primary N) is 1. The van der Waals surface area contributed by atoms with E-state index in [1.165, 1.54) is 0 Å². The molecule has 1 rings (SSSR count). The van der Waals surface area contributed by atoms with Crippen LogP contribution in [-0.4, -0.2) is 10.7 Å². The molecule has 0 fully saturated rings. The van der Waals surface area contributed by atoms with Gasteiger partial charge in [0, 0.05) is 0 Å². The Labute approximate surface area is 88.2 Å². The second kappa shape index (κ2) is 5.14. The Morgan fingerprint density at radius 2 is 2.31 bits per heavy atom. The van der Waals surface area contributed by atoms with E-state index in [1.807, 2.05) is 12.2 Å². The van der Waals surface area contributed by atoms with E-state index < -0.39 is 0 Å². The maximum Gasteiger partial charge on any atom is 0.129 e. The van der Waals surface area contributed by atoms with Crippen LogP contribution < -0.4 is 5.73 Å². The average molecular weight is 215 g/mol. The standard InChI is InChI=1S/C9H11ClN2S/c10-9-5-4-7(11)8(12-9)3-1-2-6-13/h1,3-5,13H,2,6,11H2. The zero-order valence-corrected chi connectivity index (χ0v) is 8.72. The van der Waals surface area contributed by atoms with Crippen molar-refractivity contribution in [3.8, 4) is 0 Å². The van der Waals surface area contributed by atoms with Crippen molar-refractivity contribution in [2.24, 2.45) is 0 Å². The van der Waals surface area contributed by atoms with Gasteiger partial charge in [0.1, 0.15) is 5.15 Å². The van der Waals surface area contributed by atoms with Crippen LogP contribution in [0, 0.1) is 0 Å². The van der Waals surface area contributed by atoms with Gasteiger partial charge in [0.25, 0.3) is 0 Å². The van der Waals surface area contributed by atoms with Gasteiger partial charge in [-0.15, -0.1) is 0 Å². The second-order valence-electron chi connectivity index (χ2n) is 2.52. The van der Waals surface area contributed by atoms with Crippen LogP contribution >= 0.6 is 24.2 Å². The van der Waals surface area contributed by atoms with Gasteiger partial charge in [-0.1, -0.05) is 17.7 Å². The topological polar surface area (TPSA) is 38.9 Å². The maximum atomic E-state index is 5.71. The van der Waals surface area contributed by atoms with Gasteiger partial charge in [-0.3, -0.25) is 0 Å². The van der Waals surface area contributed by atoms with E-state index in [4.69, 9.17) is 17.3 Å². The maximum absolute atomic E-state index is 5.71. The normalized spacial score (nSPS) is 10.9. The van der Waals surface area contributed by atoms with E-state index in [-0.39, 0.29) is 0 Å². The lowest BCUT2D eigenvalue weighted by Gasteiger charge is -1.98. The molecule has 1 aromatic heterocycles. The van der Waals surface area contributed by atoms with E-state index in [1.54, 1.807) is 12.1 Å². The third-order valence-electron chi connectivity index (χ3n) is 1.49. The van der Waals surface area contributed by atoms with Crippen LogP contribution in [0.25, 0.3) is 6.08 Å². The van der Waals surface area contributed by atoms with Crippen molar-refractivity contribution in [3.63, 3.8) is 0 Å². The van der Waals surface area contributed by atoms with Crippen LogP contribution in [0.1, 0.15) is 12.1 Å². The smallest absolute Gasteiger partial charge is 0.129 e. The molecule has 1 aromatic rings. The lowest BCUT2D eigenvalue weighted by Crippen LogP contribution is -1.92. The van der Waals surface area contributed by atoms with E-state index in [0.29, 0.717) is 16.5 Å². The minimum absolute atomic E-state index is 0.458. The Morgan fingerprint density at radius 1 is 1.54 bits per heavy atom. The average Bonchev–Trinajstić information content (AvgIpc) is 2.11. The van der Waals surface area contributed by atoms with Crippen molar-refractivity contribution in [1.29, 1.82) is 0 Å². The predicted molar refractivity (Wildman–Crippen MR) is 61.2 cm³/mol. The summed E-state index contributed by atoms with van der Waals surface area (Å²) < 4.78 is 0. The van der Waals surface area contributed by atoms with Crippen LogP contribution in [0.5, 0.6) is 0 Å². The number of hydrogen-bond donors (Lipinski definition) is 2. The van der Waals surface area contributed by atoms with E-state index in [2.05, 4.69) is 17.6 Å². The highest BCUT2D eigenvalue weighted by Gasteiger charge is 1.96. The minimum Gasteiger partial charge on any atom is -0.397 e. The quantitative estimate of drug-likeness (QED) is 0.600. The largest absolute Gasteiger partial charge is 0.397 e. The van der Waals surface area contributed by atoms with E-state index in [9.17, 15) is 0 Å². The molecule has 0 spiro atoms. The van der Waals surface area contributed by atoms with Gasteiger partial charge < -0.3 is 5.73 Å². The van der Waals surface area contributed by atoms with Crippen molar-refractivity contribution >= 4 is 36.0 Å². The first-order chi connectivity index (χ1) is 6.24. The van der Waals surface area contributed by atoms with Gasteiger partial charge in [0.15, 0.2) is 0 Å². The summed E-state index contributed by atoms with van der Waals surface area (Å²) in [6, 6.07) is 3.42. The molecule has 0 unspecified atom stereocenters. The van der Waals surface area contributed by atoms with Crippen LogP contribution in [0.3, 0.4) is 0 Å². The molecule has 0 saturated carbocycles. The van der Waals surface area contributed by atoms with Gasteiger partial charge >= 0.3 is 0 Å². The number of halogens is 1. The Morgan fingerprint density at radius 3 is 3.00 bits per heavy atom. The zero-order valence-electron chi connectivity index (χ0n) is 7.07. The molecule has 0 aliphatic rings. The van der Waals surface area contributed by atoms with E-state index >= 15 is 0 Å². The molecule has 0 radical (unpaired) electrons. The Bertz CT molecular complexity index is 312. The van der Waals surface area contributed by atoms with Crippen molar-refractivity contribution < 1.29 is 0 Å². The number of nitrogens with zero attached hydrogens (tertiary/aromatic N) is 1. The lowest BCUT2D eigenvalue weighted by atomic mass is 10.2. The van der Waals surface area contributed by atoms with Crippen molar-refractivity contribution in [2.75, 3.05) is 11.5 Å². The molecule has 0 aromatic carbocycles. The molecule has 0 atom stereocenters. The molecular weight excluding hydrogens is 204 g/mol. The summed E-state index contributed by atoms with van der Waals surface area (Å²) in [5.74, 6) is 0.816. The second-order valence-corrected chi connectivity index (χ2v) is 3.36. The summed E-state index contributed by atoms with van der Waals surface area (Å²) >= 11 is 9.80. The van der Waals surface area contributed by atoms with Gasteiger partial charge in [-0.25, -0.2) is 4.98 Å². The molecule has 0 saturated heterocycles. The molecule has 2 nitrogen and oxygen atoms in total. The SMILES string of the molecule is Nc1ccc(Cl)nc1C=CCCS. The molecule has 0 aliphatic heterocycles. The molecule has 2 N–H and O–H groups in total. The van der Waals surface area contributed by atoms with Gasteiger partial charge in [0.05, 0.1) is 11.4 Å². The number of aromatic nitrogens is 1. The van der Waals surface area contributed by atoms with Gasteiger partial charge in [0.2, 0.25) is 0 Å². The molecular formula is C9H11ClN2S. The number of nitrogen functional groups attached to an aromatic ring is 1. The number of thiol groups is 1. The zero-order chi connectivity index (χ0) is 9.68. The number of rotatable bonds is 3. The first kappa shape index (κ1) is 10.4. The van der Waals surface area contributed by atoms with Gasteiger partial charge in [-0.05, 0) is 30.4 Å². The highest BCUT2D eigenvalue weighted by molar-refractivity contribution is 7.80. The number of hydrogen-bond acceptors (Lipinski definition) is 3. The Hall–Kier alpha value is -0.670. The number of allylic oxidation sites excluding steroid dienone is 1. The molecule has 13 heavy (non-hydrogen) atoms. The molecule has 4 heteroatoms. The molecule has 0 bridgehead atoms. The molecule has 0 amide bonds. The van der Waals surface area contributed by atoms with E-state index in [0.717, 1.165) is 12.2 Å². The highest BCUT2D eigenvalue weighted by atomic mass is 35.5. The van der Waals surface area contributed by atoms with Crippen molar-refractivity contribution in [3.05, 3.63) is 29.1 Å². The summed E-state index contributed by atoms with van der Waals surface area (Å²) in [4.78, 5) is 4.07. The first-order valence-corrected chi connectivity index (χ1v) is 4.94. The summed E-state index contributed by atoms with van der Waals surface area (Å²) in [6.45, 7) is 0. The molecule has 1 heterocycles. The third-order valence-corrected chi connectivity index (χ3v) is 1.96. The summed E-state index contributed by atoms with van der Waals surface area (Å²) in [6.07, 6.45) is 4.73. The molecule has 70 valence electrons. The minimum atomic E-state index is 0.458. The van der Waals surface area contributed by atoms with Crippen molar-refractivity contribution in [2.45, 2.75) is 6.42 Å². The summed E-state index contributed by atoms with van der Waals surface area (Å²) in [5, 5.41) is 0.458. The lowest BCUT2D eigenvalue weighted by molar-refractivity contribution is 1.25. The highest BCUT2D eigenvalue weighted by Crippen LogP contribution is 2.14. The third kappa shape index (κ3) is 3.28. The summed E-state index contributed by atoms with van der Waals surface area (Å²) in [7, 11) is 0. The fourth-order valence-electron chi connectivity index (χ4n) is 0.864. The Kier molecular flexibility index (Phi) is 4.12. The molecule has 0 aliphatic carbocycles. The van der Waals surface area contributed by atoms with Crippen LogP contribution in [0.4, 0.5) is 5.69 Å². The van der Waals surface area contributed by atoms with Gasteiger partial charge in [-0.2, -0.15) is 12.6 Å².